The van der Waals surface area contributed by atoms with E-state index < -0.39 is 37.2 Å². The summed E-state index contributed by atoms with van der Waals surface area (Å²) in [5, 5.41) is 3.54. The fraction of sp³-hybridized carbons (Fsp3) is 0.519. The number of nitrogens with one attached hydrogen (secondary N) is 3. The van der Waals surface area contributed by atoms with Crippen LogP contribution in [-0.4, -0.2) is 54.5 Å². The van der Waals surface area contributed by atoms with Crippen molar-refractivity contribution < 1.29 is 31.1 Å². The number of carbonyl (C=O) groups is 1. The summed E-state index contributed by atoms with van der Waals surface area (Å²) in [6, 6.07) is 14.6. The van der Waals surface area contributed by atoms with Gasteiger partial charge in [0.2, 0.25) is 0 Å². The monoisotopic (exact) mass is 581 g/mol. The number of hydrogen-bond acceptors (Lipinski definition) is 8. The summed E-state index contributed by atoms with van der Waals surface area (Å²) in [7, 11) is -5.81. The lowest BCUT2D eigenvalue weighted by Crippen LogP contribution is -2.50. The van der Waals surface area contributed by atoms with E-state index in [-0.39, 0.29) is 17.5 Å². The first-order chi connectivity index (χ1) is 18.1. The first kappa shape index (κ1) is 30.9. The summed E-state index contributed by atoms with van der Waals surface area (Å²) in [5.74, 6) is 0.680. The molecule has 0 bridgehead atoms. The van der Waals surface area contributed by atoms with Crippen LogP contribution in [0.5, 0.6) is 5.75 Å². The lowest BCUT2D eigenvalue weighted by atomic mass is 9.68. The number of benzene rings is 2. The van der Waals surface area contributed by atoms with Crippen molar-refractivity contribution >= 4 is 26.1 Å². The Kier molecular flexibility index (Phi) is 9.69. The molecule has 0 atom stereocenters. The van der Waals surface area contributed by atoms with Crippen LogP contribution in [0.25, 0.3) is 0 Å². The van der Waals surface area contributed by atoms with Gasteiger partial charge in [0, 0.05) is 30.8 Å². The van der Waals surface area contributed by atoms with Crippen LogP contribution in [0.3, 0.4) is 0 Å². The van der Waals surface area contributed by atoms with Crippen LogP contribution < -0.4 is 19.5 Å². The van der Waals surface area contributed by atoms with Gasteiger partial charge in [-0.2, -0.15) is 13.1 Å². The van der Waals surface area contributed by atoms with E-state index in [1.54, 1.807) is 52.1 Å². The molecule has 1 aliphatic rings. The SMILES string of the molecule is COc1cccc(C2(CNS(=O)(=O)NC(=O)OC(C)(C)C)CCC(NCc3ccc(S(C)(=O)=O)cc3)CC2)c1. The molecule has 39 heavy (non-hydrogen) atoms. The van der Waals surface area contributed by atoms with Gasteiger partial charge in [0.25, 0.3) is 0 Å². The maximum atomic E-state index is 12.7. The number of ether oxygens (including phenoxy) is 2. The van der Waals surface area contributed by atoms with Crippen LogP contribution in [0, 0.1) is 0 Å². The van der Waals surface area contributed by atoms with Gasteiger partial charge in [0.1, 0.15) is 11.4 Å². The van der Waals surface area contributed by atoms with Crippen LogP contribution in [0.1, 0.15) is 57.6 Å². The third-order valence-corrected chi connectivity index (χ3v) is 8.88. The van der Waals surface area contributed by atoms with Gasteiger partial charge in [0.05, 0.1) is 12.0 Å². The molecular weight excluding hydrogens is 542 g/mol. The molecule has 0 aliphatic heterocycles. The van der Waals surface area contributed by atoms with Gasteiger partial charge in [-0.05, 0) is 81.8 Å². The van der Waals surface area contributed by atoms with E-state index >= 15 is 0 Å². The molecule has 0 radical (unpaired) electrons. The summed E-state index contributed by atoms with van der Waals surface area (Å²) in [6.07, 6.45) is 3.12. The molecule has 0 unspecified atom stereocenters. The molecule has 216 valence electrons. The van der Waals surface area contributed by atoms with Crippen molar-refractivity contribution in [3.8, 4) is 5.75 Å². The molecule has 3 N–H and O–H groups in total. The van der Waals surface area contributed by atoms with E-state index in [2.05, 4.69) is 10.0 Å². The largest absolute Gasteiger partial charge is 0.497 e. The number of sulfone groups is 1. The Bertz CT molecular complexity index is 1340. The fourth-order valence-electron chi connectivity index (χ4n) is 4.69. The predicted molar refractivity (Wildman–Crippen MR) is 150 cm³/mol. The zero-order valence-corrected chi connectivity index (χ0v) is 24.7. The molecule has 0 saturated heterocycles. The summed E-state index contributed by atoms with van der Waals surface area (Å²) in [6.45, 7) is 5.65. The predicted octanol–water partition coefficient (Wildman–Crippen LogP) is 3.43. The van der Waals surface area contributed by atoms with Crippen LogP contribution in [0.15, 0.2) is 53.4 Å². The summed E-state index contributed by atoms with van der Waals surface area (Å²) >= 11 is 0. The first-order valence-corrected chi connectivity index (χ1v) is 16.2. The van der Waals surface area contributed by atoms with Crippen molar-refractivity contribution in [2.75, 3.05) is 19.9 Å². The van der Waals surface area contributed by atoms with E-state index in [0.717, 1.165) is 24.0 Å². The molecule has 1 aliphatic carbocycles. The average Bonchev–Trinajstić information content (AvgIpc) is 2.85. The van der Waals surface area contributed by atoms with Crippen molar-refractivity contribution in [1.29, 1.82) is 0 Å². The van der Waals surface area contributed by atoms with Crippen LogP contribution in [0.4, 0.5) is 4.79 Å². The summed E-state index contributed by atoms with van der Waals surface area (Å²) in [4.78, 5) is 12.3. The lowest BCUT2D eigenvalue weighted by Gasteiger charge is -2.41. The van der Waals surface area contributed by atoms with Crippen LogP contribution in [-0.2, 0) is 36.7 Å². The quantitative estimate of drug-likeness (QED) is 0.388. The number of methoxy groups -OCH3 is 1. The molecule has 10 nitrogen and oxygen atoms in total. The van der Waals surface area contributed by atoms with E-state index in [1.807, 2.05) is 29.0 Å². The van der Waals surface area contributed by atoms with Gasteiger partial charge in [0.15, 0.2) is 9.84 Å². The second kappa shape index (κ2) is 12.2. The highest BCUT2D eigenvalue weighted by molar-refractivity contribution is 7.90. The normalized spacial score (nSPS) is 20.3. The number of amides is 1. The van der Waals surface area contributed by atoms with Crippen molar-refractivity contribution in [2.45, 2.75) is 75.0 Å². The molecule has 3 rings (SSSR count). The average molecular weight is 582 g/mol. The maximum Gasteiger partial charge on any atom is 0.422 e. The van der Waals surface area contributed by atoms with E-state index in [1.165, 1.54) is 6.26 Å². The standard InChI is InChI=1S/C27H39N3O7S2/c1-26(2,3)37-25(31)30-39(34,35)29-19-27(21-7-6-8-23(17-21)36-4)15-13-22(14-16-27)28-18-20-9-11-24(12-10-20)38(5,32)33/h6-12,17,22,28-29H,13-16,18-19H2,1-5H3,(H,30,31). The van der Waals surface area contributed by atoms with Crippen molar-refractivity contribution in [3.63, 3.8) is 0 Å². The zero-order chi connectivity index (χ0) is 28.9. The number of hydrogen-bond donors (Lipinski definition) is 3. The van der Waals surface area contributed by atoms with E-state index in [9.17, 15) is 21.6 Å². The molecule has 2 aromatic rings. The van der Waals surface area contributed by atoms with E-state index in [0.29, 0.717) is 25.1 Å². The topological polar surface area (TPSA) is 140 Å². The molecule has 1 saturated carbocycles. The number of rotatable bonds is 10. The second-order valence-electron chi connectivity index (χ2n) is 11.0. The minimum absolute atomic E-state index is 0.0952. The van der Waals surface area contributed by atoms with E-state index in [4.69, 9.17) is 9.47 Å². The smallest absolute Gasteiger partial charge is 0.422 e. The lowest BCUT2D eigenvalue weighted by molar-refractivity contribution is 0.0569. The Labute approximate surface area is 232 Å². The number of carbonyl (C=O) groups excluding carboxylic acids is 1. The van der Waals surface area contributed by atoms with Crippen molar-refractivity contribution in [1.82, 2.24) is 14.8 Å². The molecule has 0 spiro atoms. The third-order valence-electron chi connectivity index (χ3n) is 6.79. The first-order valence-electron chi connectivity index (χ1n) is 12.8. The Morgan fingerprint density at radius 3 is 2.23 bits per heavy atom. The van der Waals surface area contributed by atoms with Gasteiger partial charge in [-0.15, -0.1) is 0 Å². The Morgan fingerprint density at radius 1 is 1.03 bits per heavy atom. The van der Waals surface area contributed by atoms with Gasteiger partial charge in [-0.3, -0.25) is 0 Å². The second-order valence-corrected chi connectivity index (χ2v) is 14.5. The molecule has 12 heteroatoms. The zero-order valence-electron chi connectivity index (χ0n) is 23.1. The molecular formula is C27H39N3O7S2. The van der Waals surface area contributed by atoms with Gasteiger partial charge in [-0.25, -0.2) is 17.9 Å². The van der Waals surface area contributed by atoms with Crippen molar-refractivity contribution in [2.24, 2.45) is 0 Å². The Morgan fingerprint density at radius 2 is 1.67 bits per heavy atom. The van der Waals surface area contributed by atoms with Crippen LogP contribution in [0.2, 0.25) is 0 Å². The molecule has 1 amide bonds. The highest BCUT2D eigenvalue weighted by Crippen LogP contribution is 2.40. The molecule has 0 aromatic heterocycles. The maximum absolute atomic E-state index is 12.7. The molecule has 2 aromatic carbocycles. The summed E-state index contributed by atoms with van der Waals surface area (Å²) < 4.78 is 63.7. The van der Waals surface area contributed by atoms with Gasteiger partial charge >= 0.3 is 16.3 Å². The molecule has 0 heterocycles. The minimum Gasteiger partial charge on any atom is -0.497 e. The highest BCUT2D eigenvalue weighted by atomic mass is 32.2. The van der Waals surface area contributed by atoms with Gasteiger partial charge < -0.3 is 14.8 Å². The third kappa shape index (κ3) is 9.20. The van der Waals surface area contributed by atoms with Crippen molar-refractivity contribution in [3.05, 3.63) is 59.7 Å². The Balaban J connectivity index is 1.68. The van der Waals surface area contributed by atoms with Crippen LogP contribution >= 0.6 is 0 Å². The van der Waals surface area contributed by atoms with Gasteiger partial charge in [-0.1, -0.05) is 24.3 Å². The highest BCUT2D eigenvalue weighted by Gasteiger charge is 2.38. The minimum atomic E-state index is -4.15. The summed E-state index contributed by atoms with van der Waals surface area (Å²) in [5.41, 5.74) is 0.597. The fourth-order valence-corrected chi connectivity index (χ4v) is 6.12. The Hall–Kier alpha value is -2.67. The molecule has 1 fully saturated rings.